The average Bonchev–Trinajstić information content (AvgIpc) is 3.37. The number of para-hydroxylation sites is 1. The molecule has 1 aromatic heterocycles. The molecule has 9 heteroatoms. The quantitative estimate of drug-likeness (QED) is 0.658. The van der Waals surface area contributed by atoms with E-state index < -0.39 is 22.0 Å². The Morgan fingerprint density at radius 1 is 1.26 bits per heavy atom. The Bertz CT molecular complexity index is 1090. The van der Waals surface area contributed by atoms with E-state index in [9.17, 15) is 18.0 Å². The molecule has 3 rings (SSSR count). The third kappa shape index (κ3) is 4.52. The zero-order valence-electron chi connectivity index (χ0n) is 18.3. The fraction of sp³-hybridized carbons (Fsp3) is 0.455. The number of rotatable bonds is 7. The van der Waals surface area contributed by atoms with E-state index in [1.165, 1.54) is 21.1 Å². The maximum absolute atomic E-state index is 13.3. The van der Waals surface area contributed by atoms with Crippen molar-refractivity contribution in [3.63, 3.8) is 0 Å². The van der Waals surface area contributed by atoms with Crippen LogP contribution in [-0.4, -0.2) is 48.4 Å². The number of aromatic nitrogens is 1. The number of carbonyl (C=O) groups excluding carboxylic acids is 2. The van der Waals surface area contributed by atoms with Crippen molar-refractivity contribution in [1.29, 1.82) is 0 Å². The summed E-state index contributed by atoms with van der Waals surface area (Å²) in [4.78, 5) is 25.1. The summed E-state index contributed by atoms with van der Waals surface area (Å²) in [5.41, 5.74) is 2.82. The van der Waals surface area contributed by atoms with Gasteiger partial charge in [0.25, 0.3) is 0 Å². The molecule has 2 heterocycles. The number of hydrogen-bond acceptors (Lipinski definition) is 5. The van der Waals surface area contributed by atoms with Crippen molar-refractivity contribution in [2.45, 2.75) is 51.0 Å². The number of sulfonamides is 1. The molecule has 1 unspecified atom stereocenters. The van der Waals surface area contributed by atoms with Crippen LogP contribution in [0.2, 0.25) is 0 Å². The Hall–Kier alpha value is -2.65. The molecular weight excluding hydrogens is 418 g/mol. The van der Waals surface area contributed by atoms with Gasteiger partial charge in [0, 0.05) is 25.5 Å². The van der Waals surface area contributed by atoms with Crippen LogP contribution < -0.4 is 5.32 Å². The fourth-order valence-corrected chi connectivity index (χ4v) is 5.65. The number of esters is 1. The third-order valence-corrected chi connectivity index (χ3v) is 7.44. The zero-order valence-corrected chi connectivity index (χ0v) is 19.2. The van der Waals surface area contributed by atoms with Gasteiger partial charge in [0.15, 0.2) is 0 Å². The lowest BCUT2D eigenvalue weighted by Gasteiger charge is -2.24. The third-order valence-electron chi connectivity index (χ3n) is 5.57. The van der Waals surface area contributed by atoms with Crippen LogP contribution in [0.1, 0.15) is 48.3 Å². The Labute approximate surface area is 183 Å². The van der Waals surface area contributed by atoms with E-state index in [1.807, 2.05) is 32.0 Å². The molecule has 31 heavy (non-hydrogen) atoms. The van der Waals surface area contributed by atoms with Crippen LogP contribution in [0.15, 0.2) is 35.4 Å². The highest BCUT2D eigenvalue weighted by atomic mass is 32.2. The number of nitrogens with zero attached hydrogens (tertiary/aromatic N) is 2. The van der Waals surface area contributed by atoms with Crippen LogP contribution >= 0.6 is 0 Å². The molecule has 0 aliphatic carbocycles. The lowest BCUT2D eigenvalue weighted by atomic mass is 10.1. The summed E-state index contributed by atoms with van der Waals surface area (Å²) in [6.07, 6.45) is 3.16. The molecule has 2 aromatic rings. The molecule has 1 atom stereocenters. The molecule has 0 spiro atoms. The smallest absolute Gasteiger partial charge is 0.354 e. The van der Waals surface area contributed by atoms with Gasteiger partial charge in [-0.15, -0.1) is 0 Å². The Balaban J connectivity index is 1.87. The second kappa shape index (κ2) is 9.23. The van der Waals surface area contributed by atoms with Gasteiger partial charge >= 0.3 is 5.97 Å². The van der Waals surface area contributed by atoms with Crippen molar-refractivity contribution in [1.82, 2.24) is 8.87 Å². The SMILES string of the molecule is CCOC(=O)c1cc(S(=O)(=O)N2CCCC2C(=O)Nc2c(C)cccc2CC)cn1C. The monoisotopic (exact) mass is 447 g/mol. The van der Waals surface area contributed by atoms with Crippen LogP contribution in [0.3, 0.4) is 0 Å². The summed E-state index contributed by atoms with van der Waals surface area (Å²) < 4.78 is 34.3. The lowest BCUT2D eigenvalue weighted by Crippen LogP contribution is -2.43. The van der Waals surface area contributed by atoms with E-state index in [0.29, 0.717) is 12.8 Å². The van der Waals surface area contributed by atoms with Crippen LogP contribution in [0.5, 0.6) is 0 Å². The van der Waals surface area contributed by atoms with E-state index in [0.717, 1.165) is 23.2 Å². The highest BCUT2D eigenvalue weighted by molar-refractivity contribution is 7.89. The lowest BCUT2D eigenvalue weighted by molar-refractivity contribution is -0.119. The van der Waals surface area contributed by atoms with E-state index in [1.54, 1.807) is 14.0 Å². The zero-order chi connectivity index (χ0) is 22.8. The van der Waals surface area contributed by atoms with Crippen LogP contribution in [0.4, 0.5) is 5.69 Å². The van der Waals surface area contributed by atoms with Crippen LogP contribution in [0.25, 0.3) is 0 Å². The molecule has 1 saturated heterocycles. The first-order valence-corrected chi connectivity index (χ1v) is 11.9. The minimum atomic E-state index is -3.96. The number of aryl methyl sites for hydroxylation is 3. The maximum Gasteiger partial charge on any atom is 0.354 e. The largest absolute Gasteiger partial charge is 0.461 e. The van der Waals surface area contributed by atoms with E-state index in [-0.39, 0.29) is 29.6 Å². The number of benzene rings is 1. The number of carbonyl (C=O) groups is 2. The van der Waals surface area contributed by atoms with Crippen molar-refractivity contribution in [3.8, 4) is 0 Å². The first-order chi connectivity index (χ1) is 14.7. The van der Waals surface area contributed by atoms with Crippen molar-refractivity contribution in [3.05, 3.63) is 47.3 Å². The summed E-state index contributed by atoms with van der Waals surface area (Å²) in [5.74, 6) is -0.930. The number of ether oxygens (including phenoxy) is 1. The highest BCUT2D eigenvalue weighted by Crippen LogP contribution is 2.29. The molecule has 1 amide bonds. The van der Waals surface area contributed by atoms with Gasteiger partial charge in [0.05, 0.1) is 6.61 Å². The summed E-state index contributed by atoms with van der Waals surface area (Å²) in [6.45, 7) is 6.05. The highest BCUT2D eigenvalue weighted by Gasteiger charge is 2.40. The Kier molecular flexibility index (Phi) is 6.86. The molecular formula is C22H29N3O5S. The van der Waals surface area contributed by atoms with Gasteiger partial charge in [0.2, 0.25) is 15.9 Å². The predicted molar refractivity (Wildman–Crippen MR) is 117 cm³/mol. The van der Waals surface area contributed by atoms with E-state index in [2.05, 4.69) is 5.32 Å². The fourth-order valence-electron chi connectivity index (χ4n) is 3.92. The second-order valence-corrected chi connectivity index (χ2v) is 9.51. The van der Waals surface area contributed by atoms with Gasteiger partial charge in [-0.25, -0.2) is 13.2 Å². The maximum atomic E-state index is 13.3. The summed E-state index contributed by atoms with van der Waals surface area (Å²) in [6, 6.07) is 6.30. The van der Waals surface area contributed by atoms with Gasteiger partial charge in [-0.1, -0.05) is 25.1 Å². The van der Waals surface area contributed by atoms with Crippen molar-refractivity contribution in [2.75, 3.05) is 18.5 Å². The number of amides is 1. The number of anilines is 1. The summed E-state index contributed by atoms with van der Waals surface area (Å²) in [5, 5.41) is 2.95. The minimum Gasteiger partial charge on any atom is -0.461 e. The minimum absolute atomic E-state index is 0.0251. The molecule has 0 radical (unpaired) electrons. The van der Waals surface area contributed by atoms with Crippen molar-refractivity contribution >= 4 is 27.6 Å². The molecule has 1 aliphatic rings. The van der Waals surface area contributed by atoms with Crippen molar-refractivity contribution < 1.29 is 22.7 Å². The molecule has 1 aliphatic heterocycles. The molecule has 0 bridgehead atoms. The Morgan fingerprint density at radius 2 is 2.00 bits per heavy atom. The summed E-state index contributed by atoms with van der Waals surface area (Å²) >= 11 is 0. The molecule has 8 nitrogen and oxygen atoms in total. The number of hydrogen-bond donors (Lipinski definition) is 1. The van der Waals surface area contributed by atoms with E-state index >= 15 is 0 Å². The van der Waals surface area contributed by atoms with Crippen LogP contribution in [-0.2, 0) is 33.0 Å². The van der Waals surface area contributed by atoms with Crippen molar-refractivity contribution in [2.24, 2.45) is 7.05 Å². The second-order valence-electron chi connectivity index (χ2n) is 7.62. The van der Waals surface area contributed by atoms with Gasteiger partial charge in [0.1, 0.15) is 16.6 Å². The molecule has 1 N–H and O–H groups in total. The topological polar surface area (TPSA) is 97.7 Å². The van der Waals surface area contributed by atoms with Crippen LogP contribution in [0, 0.1) is 6.92 Å². The molecule has 168 valence electrons. The van der Waals surface area contributed by atoms with Gasteiger partial charge in [-0.2, -0.15) is 4.31 Å². The molecule has 0 saturated carbocycles. The van der Waals surface area contributed by atoms with Gasteiger partial charge < -0.3 is 14.6 Å². The van der Waals surface area contributed by atoms with Gasteiger partial charge in [-0.05, 0) is 50.3 Å². The normalized spacial score (nSPS) is 17.0. The molecule has 1 fully saturated rings. The average molecular weight is 448 g/mol. The number of nitrogens with one attached hydrogen (secondary N) is 1. The predicted octanol–water partition coefficient (Wildman–Crippen LogP) is 2.86. The molecule has 1 aromatic carbocycles. The Morgan fingerprint density at radius 3 is 2.68 bits per heavy atom. The first-order valence-electron chi connectivity index (χ1n) is 10.4. The van der Waals surface area contributed by atoms with Gasteiger partial charge in [-0.3, -0.25) is 4.79 Å². The first kappa shape index (κ1) is 23.0. The summed E-state index contributed by atoms with van der Waals surface area (Å²) in [7, 11) is -2.37. The standard InChI is InChI=1S/C22H29N3O5S/c1-5-16-10-7-9-15(3)20(16)23-21(26)18-11-8-12-25(18)31(28,29)17-13-19(24(4)14-17)22(27)30-6-2/h7,9-10,13-14,18H,5-6,8,11-12H2,1-4H3,(H,23,26). The van der Waals surface area contributed by atoms with E-state index in [4.69, 9.17) is 4.74 Å².